The highest BCUT2D eigenvalue weighted by Crippen LogP contribution is 2.27. The van der Waals surface area contributed by atoms with E-state index in [1.54, 1.807) is 11.3 Å². The predicted octanol–water partition coefficient (Wildman–Crippen LogP) is 3.15. The number of amides is 1. The Bertz CT molecular complexity index is 813. The lowest BCUT2D eigenvalue weighted by Gasteiger charge is -2.16. The Balaban J connectivity index is 1.39. The fourth-order valence-corrected chi connectivity index (χ4v) is 3.67. The number of nitrogens with one attached hydrogen (secondary N) is 2. The van der Waals surface area contributed by atoms with E-state index in [0.29, 0.717) is 5.56 Å². The normalized spacial score (nSPS) is 17.2. The summed E-state index contributed by atoms with van der Waals surface area (Å²) in [6, 6.07) is 15.7. The van der Waals surface area contributed by atoms with E-state index in [1.807, 2.05) is 36.4 Å². The van der Waals surface area contributed by atoms with Gasteiger partial charge in [-0.1, -0.05) is 24.3 Å². The van der Waals surface area contributed by atoms with Gasteiger partial charge in [-0.3, -0.25) is 9.89 Å². The van der Waals surface area contributed by atoms with Gasteiger partial charge in [-0.05, 0) is 30.0 Å². The number of hydrogen-bond acceptors (Lipinski definition) is 4. The number of hydrogen-bond donors (Lipinski definition) is 2. The molecule has 0 radical (unpaired) electrons. The molecule has 1 fully saturated rings. The monoisotopic (exact) mass is 338 g/mol. The fourth-order valence-electron chi connectivity index (χ4n) is 2.98. The molecule has 1 aliphatic rings. The van der Waals surface area contributed by atoms with Crippen molar-refractivity contribution in [1.29, 1.82) is 0 Å². The number of nitrogens with zero attached hydrogens (tertiary/aromatic N) is 2. The zero-order valence-electron chi connectivity index (χ0n) is 13.1. The maximum Gasteiger partial charge on any atom is 0.251 e. The molecule has 5 nitrogen and oxygen atoms in total. The summed E-state index contributed by atoms with van der Waals surface area (Å²) in [5.41, 5.74) is 1.74. The largest absolute Gasteiger partial charge is 0.353 e. The average molecular weight is 338 g/mol. The summed E-state index contributed by atoms with van der Waals surface area (Å²) in [5.74, 6) is 0.929. The number of carbonyl (C=O) groups is 1. The zero-order chi connectivity index (χ0) is 16.4. The molecule has 3 aromatic rings. The quantitative estimate of drug-likeness (QED) is 0.768. The van der Waals surface area contributed by atoms with E-state index in [-0.39, 0.29) is 11.9 Å². The third-order valence-corrected chi connectivity index (χ3v) is 5.14. The van der Waals surface area contributed by atoms with E-state index in [1.165, 1.54) is 4.88 Å². The number of thiophene rings is 1. The third-order valence-electron chi connectivity index (χ3n) is 4.23. The molecule has 122 valence electrons. The molecular formula is C18H18N4OS. The Morgan fingerprint density at radius 1 is 1.25 bits per heavy atom. The first-order chi connectivity index (χ1) is 11.8. The molecule has 1 saturated heterocycles. The molecule has 0 saturated carbocycles. The fraction of sp³-hybridized carbons (Fsp3) is 0.222. The molecule has 3 heterocycles. The SMILES string of the molecule is O=C(N[C@@H]1CCN(c2cc(-c3cccs3)[nH]n2)C1)c1ccccc1. The van der Waals surface area contributed by atoms with Gasteiger partial charge in [0.1, 0.15) is 0 Å². The van der Waals surface area contributed by atoms with Crippen molar-refractivity contribution >= 4 is 23.1 Å². The summed E-state index contributed by atoms with van der Waals surface area (Å²) in [5, 5.41) is 12.7. The number of carbonyl (C=O) groups excluding carboxylic acids is 1. The lowest BCUT2D eigenvalue weighted by molar-refractivity contribution is 0.0940. The second kappa shape index (κ2) is 6.49. The van der Waals surface area contributed by atoms with Crippen LogP contribution in [0.2, 0.25) is 0 Å². The molecule has 24 heavy (non-hydrogen) atoms. The van der Waals surface area contributed by atoms with Gasteiger partial charge < -0.3 is 10.2 Å². The van der Waals surface area contributed by atoms with Crippen LogP contribution in [0.3, 0.4) is 0 Å². The van der Waals surface area contributed by atoms with Crippen LogP contribution in [-0.4, -0.2) is 35.2 Å². The standard InChI is InChI=1S/C18H18N4OS/c23-18(13-5-2-1-3-6-13)19-14-8-9-22(12-14)17-11-15(20-21-17)16-7-4-10-24-16/h1-7,10-11,14H,8-9,12H2,(H,19,23)(H,20,21)/t14-/m1/s1. The molecule has 0 aliphatic carbocycles. The first-order valence-corrected chi connectivity index (χ1v) is 8.88. The van der Waals surface area contributed by atoms with Gasteiger partial charge in [0, 0.05) is 30.8 Å². The molecule has 1 atom stereocenters. The summed E-state index contributed by atoms with van der Waals surface area (Å²) in [4.78, 5) is 15.6. The van der Waals surface area contributed by atoms with Crippen LogP contribution in [0.1, 0.15) is 16.8 Å². The maximum absolute atomic E-state index is 12.3. The van der Waals surface area contributed by atoms with Crippen LogP contribution >= 0.6 is 11.3 Å². The number of benzene rings is 1. The highest BCUT2D eigenvalue weighted by Gasteiger charge is 2.26. The van der Waals surface area contributed by atoms with Crippen molar-refractivity contribution in [2.45, 2.75) is 12.5 Å². The van der Waals surface area contributed by atoms with Gasteiger partial charge in [0.15, 0.2) is 5.82 Å². The molecule has 2 N–H and O–H groups in total. The van der Waals surface area contributed by atoms with Crippen molar-refractivity contribution in [3.05, 3.63) is 59.5 Å². The van der Waals surface area contributed by atoms with Crippen LogP contribution in [-0.2, 0) is 0 Å². The van der Waals surface area contributed by atoms with E-state index < -0.39 is 0 Å². The number of anilines is 1. The number of aromatic amines is 1. The molecule has 1 aromatic carbocycles. The van der Waals surface area contributed by atoms with Crippen molar-refractivity contribution in [3.63, 3.8) is 0 Å². The summed E-state index contributed by atoms with van der Waals surface area (Å²) in [6.07, 6.45) is 0.930. The van der Waals surface area contributed by atoms with Gasteiger partial charge in [-0.25, -0.2) is 0 Å². The number of aromatic nitrogens is 2. The minimum Gasteiger partial charge on any atom is -0.353 e. The number of H-pyrrole nitrogens is 1. The summed E-state index contributed by atoms with van der Waals surface area (Å²) in [6.45, 7) is 1.68. The van der Waals surface area contributed by atoms with E-state index in [2.05, 4.69) is 37.9 Å². The predicted molar refractivity (Wildman–Crippen MR) is 96.4 cm³/mol. The molecule has 0 unspecified atom stereocenters. The Hall–Kier alpha value is -2.60. The molecule has 4 rings (SSSR count). The summed E-state index contributed by atoms with van der Waals surface area (Å²) in [7, 11) is 0. The van der Waals surface area contributed by atoms with Crippen LogP contribution in [0.15, 0.2) is 53.9 Å². The Kier molecular flexibility index (Phi) is 4.04. The van der Waals surface area contributed by atoms with Crippen molar-refractivity contribution < 1.29 is 4.79 Å². The van der Waals surface area contributed by atoms with Gasteiger partial charge in [0.05, 0.1) is 10.6 Å². The maximum atomic E-state index is 12.3. The first kappa shape index (κ1) is 15.0. The van der Waals surface area contributed by atoms with Gasteiger partial charge in [-0.2, -0.15) is 5.10 Å². The highest BCUT2D eigenvalue weighted by molar-refractivity contribution is 7.13. The second-order valence-corrected chi connectivity index (χ2v) is 6.84. The van der Waals surface area contributed by atoms with E-state index in [4.69, 9.17) is 0 Å². The molecule has 0 bridgehead atoms. The molecule has 2 aromatic heterocycles. The second-order valence-electron chi connectivity index (χ2n) is 5.89. The minimum absolute atomic E-state index is 0.0104. The van der Waals surface area contributed by atoms with Crippen molar-refractivity contribution in [3.8, 4) is 10.6 Å². The van der Waals surface area contributed by atoms with E-state index in [0.717, 1.165) is 31.0 Å². The smallest absolute Gasteiger partial charge is 0.251 e. The van der Waals surface area contributed by atoms with Crippen molar-refractivity contribution in [1.82, 2.24) is 15.5 Å². The zero-order valence-corrected chi connectivity index (χ0v) is 13.9. The van der Waals surface area contributed by atoms with Gasteiger partial charge in [0.2, 0.25) is 0 Å². The Morgan fingerprint density at radius 3 is 2.92 bits per heavy atom. The van der Waals surface area contributed by atoms with Crippen LogP contribution in [0.5, 0.6) is 0 Å². The van der Waals surface area contributed by atoms with Crippen LogP contribution in [0.4, 0.5) is 5.82 Å². The molecule has 1 amide bonds. The molecule has 1 aliphatic heterocycles. The highest BCUT2D eigenvalue weighted by atomic mass is 32.1. The van der Waals surface area contributed by atoms with E-state index >= 15 is 0 Å². The van der Waals surface area contributed by atoms with Crippen LogP contribution in [0.25, 0.3) is 10.6 Å². The lowest BCUT2D eigenvalue weighted by Crippen LogP contribution is -2.37. The van der Waals surface area contributed by atoms with Gasteiger partial charge >= 0.3 is 0 Å². The summed E-state index contributed by atoms with van der Waals surface area (Å²) >= 11 is 1.69. The summed E-state index contributed by atoms with van der Waals surface area (Å²) < 4.78 is 0. The van der Waals surface area contributed by atoms with Gasteiger partial charge in [0.25, 0.3) is 5.91 Å². The van der Waals surface area contributed by atoms with E-state index in [9.17, 15) is 4.79 Å². The minimum atomic E-state index is -0.0104. The first-order valence-electron chi connectivity index (χ1n) is 8.00. The third kappa shape index (κ3) is 3.05. The van der Waals surface area contributed by atoms with Crippen molar-refractivity contribution in [2.24, 2.45) is 0 Å². The lowest BCUT2D eigenvalue weighted by atomic mass is 10.2. The molecule has 6 heteroatoms. The Labute approximate surface area is 144 Å². The molecule has 0 spiro atoms. The van der Waals surface area contributed by atoms with Gasteiger partial charge in [-0.15, -0.1) is 11.3 Å². The molecular weight excluding hydrogens is 320 g/mol. The Morgan fingerprint density at radius 2 is 2.12 bits per heavy atom. The number of rotatable bonds is 4. The van der Waals surface area contributed by atoms with Crippen LogP contribution < -0.4 is 10.2 Å². The average Bonchev–Trinajstić information content (AvgIpc) is 3.36. The van der Waals surface area contributed by atoms with Crippen LogP contribution in [0, 0.1) is 0 Å². The topological polar surface area (TPSA) is 61.0 Å². The van der Waals surface area contributed by atoms with Crippen molar-refractivity contribution in [2.75, 3.05) is 18.0 Å².